The number of aromatic nitrogens is 2. The van der Waals surface area contributed by atoms with Crippen molar-refractivity contribution in [1.29, 1.82) is 0 Å². The lowest BCUT2D eigenvalue weighted by Gasteiger charge is -2.13. The molecule has 7 heteroatoms. The SMILES string of the molecule is CC(Sc1nc(NC2CC2)c2ccccc2n1)C(=O)NCc1ccc(F)cc1. The molecule has 1 fully saturated rings. The highest BCUT2D eigenvalue weighted by Gasteiger charge is 2.23. The molecule has 2 aromatic carbocycles. The summed E-state index contributed by atoms with van der Waals surface area (Å²) in [6, 6.07) is 14.5. The van der Waals surface area contributed by atoms with Crippen LogP contribution in [0.3, 0.4) is 0 Å². The molecule has 0 saturated heterocycles. The Hall–Kier alpha value is -2.67. The van der Waals surface area contributed by atoms with Gasteiger partial charge in [-0.2, -0.15) is 0 Å². The van der Waals surface area contributed by atoms with Crippen LogP contribution in [0.4, 0.5) is 10.2 Å². The van der Waals surface area contributed by atoms with E-state index in [9.17, 15) is 9.18 Å². The molecule has 1 saturated carbocycles. The lowest BCUT2D eigenvalue weighted by molar-refractivity contribution is -0.120. The number of anilines is 1. The van der Waals surface area contributed by atoms with Gasteiger partial charge in [-0.05, 0) is 49.6 Å². The number of rotatable bonds is 7. The fourth-order valence-electron chi connectivity index (χ4n) is 2.79. The monoisotopic (exact) mass is 396 g/mol. The van der Waals surface area contributed by atoms with Crippen molar-refractivity contribution >= 4 is 34.4 Å². The van der Waals surface area contributed by atoms with Crippen LogP contribution in [0.2, 0.25) is 0 Å². The highest BCUT2D eigenvalue weighted by atomic mass is 32.2. The van der Waals surface area contributed by atoms with Crippen molar-refractivity contribution in [2.24, 2.45) is 0 Å². The molecule has 1 amide bonds. The fraction of sp³-hybridized carbons (Fsp3) is 0.286. The molecule has 0 spiro atoms. The second-order valence-electron chi connectivity index (χ2n) is 6.89. The van der Waals surface area contributed by atoms with Crippen molar-refractivity contribution in [1.82, 2.24) is 15.3 Å². The quantitative estimate of drug-likeness (QED) is 0.464. The molecule has 1 aliphatic rings. The van der Waals surface area contributed by atoms with Crippen molar-refractivity contribution in [2.45, 2.75) is 42.8 Å². The van der Waals surface area contributed by atoms with E-state index in [1.165, 1.54) is 23.9 Å². The van der Waals surface area contributed by atoms with Crippen molar-refractivity contribution in [2.75, 3.05) is 5.32 Å². The Morgan fingerprint density at radius 2 is 1.93 bits per heavy atom. The Morgan fingerprint density at radius 1 is 1.18 bits per heavy atom. The molecule has 1 aliphatic carbocycles. The van der Waals surface area contributed by atoms with Crippen LogP contribution >= 0.6 is 11.8 Å². The van der Waals surface area contributed by atoms with Crippen LogP contribution in [0.15, 0.2) is 53.7 Å². The van der Waals surface area contributed by atoms with Gasteiger partial charge in [0.05, 0.1) is 10.8 Å². The van der Waals surface area contributed by atoms with Crippen LogP contribution < -0.4 is 10.6 Å². The van der Waals surface area contributed by atoms with E-state index in [2.05, 4.69) is 20.6 Å². The molecule has 1 aromatic heterocycles. The maximum atomic E-state index is 13.0. The van der Waals surface area contributed by atoms with Crippen LogP contribution in [-0.4, -0.2) is 27.2 Å². The first-order valence-corrected chi connectivity index (χ1v) is 10.2. The summed E-state index contributed by atoms with van der Waals surface area (Å²) >= 11 is 1.33. The Bertz CT molecular complexity index is 991. The minimum atomic E-state index is -0.351. The smallest absolute Gasteiger partial charge is 0.233 e. The van der Waals surface area contributed by atoms with Crippen LogP contribution in [0.1, 0.15) is 25.3 Å². The number of amides is 1. The van der Waals surface area contributed by atoms with E-state index >= 15 is 0 Å². The summed E-state index contributed by atoms with van der Waals surface area (Å²) in [5.41, 5.74) is 1.71. The van der Waals surface area contributed by atoms with Crippen molar-refractivity contribution < 1.29 is 9.18 Å². The molecule has 3 aromatic rings. The first-order chi connectivity index (χ1) is 13.6. The number of nitrogens with zero attached hydrogens (tertiary/aromatic N) is 2. The van der Waals surface area contributed by atoms with E-state index in [1.54, 1.807) is 12.1 Å². The van der Waals surface area contributed by atoms with E-state index in [4.69, 9.17) is 0 Å². The van der Waals surface area contributed by atoms with Gasteiger partial charge in [0.15, 0.2) is 5.16 Å². The summed E-state index contributed by atoms with van der Waals surface area (Å²) in [6.45, 7) is 2.19. The molecule has 0 aliphatic heterocycles. The molecule has 0 bridgehead atoms. The molecular weight excluding hydrogens is 375 g/mol. The van der Waals surface area contributed by atoms with E-state index in [1.807, 2.05) is 31.2 Å². The molecule has 2 N–H and O–H groups in total. The zero-order chi connectivity index (χ0) is 19.5. The molecule has 0 radical (unpaired) electrons. The topological polar surface area (TPSA) is 66.9 Å². The summed E-state index contributed by atoms with van der Waals surface area (Å²) in [7, 11) is 0. The number of carbonyl (C=O) groups excluding carboxylic acids is 1. The number of thioether (sulfide) groups is 1. The number of benzene rings is 2. The van der Waals surface area contributed by atoms with Gasteiger partial charge in [-0.1, -0.05) is 36.0 Å². The standard InChI is InChI=1S/C21H21FN4OS/c1-13(20(27)23-12-14-6-8-15(22)9-7-14)28-21-25-18-5-3-2-4-17(18)19(26-21)24-16-10-11-16/h2-9,13,16H,10-12H2,1H3,(H,23,27)(H,24,25,26). The van der Waals surface area contributed by atoms with E-state index in [0.717, 1.165) is 35.1 Å². The third-order valence-corrected chi connectivity index (χ3v) is 5.49. The lowest BCUT2D eigenvalue weighted by Crippen LogP contribution is -2.30. The van der Waals surface area contributed by atoms with Crippen LogP contribution in [-0.2, 0) is 11.3 Å². The van der Waals surface area contributed by atoms with Gasteiger partial charge >= 0.3 is 0 Å². The Labute approximate surface area is 167 Å². The second kappa shape index (κ2) is 8.14. The maximum Gasteiger partial charge on any atom is 0.233 e. The van der Waals surface area contributed by atoms with Gasteiger partial charge in [-0.15, -0.1) is 0 Å². The zero-order valence-corrected chi connectivity index (χ0v) is 16.3. The number of halogens is 1. The van der Waals surface area contributed by atoms with Crippen LogP contribution in [0.5, 0.6) is 0 Å². The van der Waals surface area contributed by atoms with Gasteiger partial charge in [-0.25, -0.2) is 14.4 Å². The molecular formula is C21H21FN4OS. The zero-order valence-electron chi connectivity index (χ0n) is 15.5. The normalized spacial score (nSPS) is 14.6. The molecule has 1 heterocycles. The molecule has 5 nitrogen and oxygen atoms in total. The van der Waals surface area contributed by atoms with Gasteiger partial charge in [0, 0.05) is 18.0 Å². The van der Waals surface area contributed by atoms with Gasteiger partial charge in [0.25, 0.3) is 0 Å². The number of carbonyl (C=O) groups is 1. The van der Waals surface area contributed by atoms with E-state index in [0.29, 0.717) is 17.7 Å². The number of para-hydroxylation sites is 1. The third-order valence-electron chi connectivity index (χ3n) is 4.53. The summed E-state index contributed by atoms with van der Waals surface area (Å²) in [6.07, 6.45) is 2.31. The van der Waals surface area contributed by atoms with Crippen molar-refractivity contribution in [3.63, 3.8) is 0 Å². The van der Waals surface area contributed by atoms with Crippen LogP contribution in [0, 0.1) is 5.82 Å². The average molecular weight is 396 g/mol. The Kier molecular flexibility index (Phi) is 5.43. The predicted octanol–water partition coefficient (Wildman–Crippen LogP) is 4.14. The maximum absolute atomic E-state index is 13.0. The van der Waals surface area contributed by atoms with Gasteiger partial charge in [-0.3, -0.25) is 4.79 Å². The Morgan fingerprint density at radius 3 is 2.68 bits per heavy atom. The molecule has 4 rings (SSSR count). The first-order valence-electron chi connectivity index (χ1n) is 9.30. The summed E-state index contributed by atoms with van der Waals surface area (Å²) in [5, 5.41) is 7.55. The molecule has 144 valence electrons. The highest BCUT2D eigenvalue weighted by molar-refractivity contribution is 8.00. The predicted molar refractivity (Wildman–Crippen MR) is 110 cm³/mol. The molecule has 1 unspecified atom stereocenters. The highest BCUT2D eigenvalue weighted by Crippen LogP contribution is 2.30. The average Bonchev–Trinajstić information content (AvgIpc) is 3.51. The third kappa shape index (κ3) is 4.59. The van der Waals surface area contributed by atoms with Crippen molar-refractivity contribution in [3.8, 4) is 0 Å². The Balaban J connectivity index is 1.44. The number of hydrogen-bond donors (Lipinski definition) is 2. The largest absolute Gasteiger partial charge is 0.367 e. The summed E-state index contributed by atoms with van der Waals surface area (Å²) in [4.78, 5) is 21.7. The molecule has 1 atom stereocenters. The second-order valence-corrected chi connectivity index (χ2v) is 8.20. The van der Waals surface area contributed by atoms with Gasteiger partial charge in [0.2, 0.25) is 5.91 Å². The molecule has 28 heavy (non-hydrogen) atoms. The first kappa shape index (κ1) is 18.7. The number of hydrogen-bond acceptors (Lipinski definition) is 5. The van der Waals surface area contributed by atoms with Crippen LogP contribution in [0.25, 0.3) is 10.9 Å². The number of nitrogens with one attached hydrogen (secondary N) is 2. The fourth-order valence-corrected chi connectivity index (χ4v) is 3.59. The minimum Gasteiger partial charge on any atom is -0.367 e. The summed E-state index contributed by atoms with van der Waals surface area (Å²) in [5.74, 6) is 0.431. The summed E-state index contributed by atoms with van der Waals surface area (Å²) < 4.78 is 13.0. The van der Waals surface area contributed by atoms with E-state index < -0.39 is 0 Å². The van der Waals surface area contributed by atoms with Crippen molar-refractivity contribution in [3.05, 3.63) is 59.9 Å². The minimum absolute atomic E-state index is 0.109. The number of fused-ring (bicyclic) bond motifs is 1. The van der Waals surface area contributed by atoms with Gasteiger partial charge in [0.1, 0.15) is 11.6 Å². The van der Waals surface area contributed by atoms with Gasteiger partial charge < -0.3 is 10.6 Å². The lowest BCUT2D eigenvalue weighted by atomic mass is 10.2. The van der Waals surface area contributed by atoms with E-state index in [-0.39, 0.29) is 17.0 Å².